The molecule has 0 spiro atoms. The van der Waals surface area contributed by atoms with Crippen LogP contribution >= 0.6 is 15.9 Å². The van der Waals surface area contributed by atoms with Crippen LogP contribution in [0, 0.1) is 5.92 Å². The molecule has 1 aromatic carbocycles. The van der Waals surface area contributed by atoms with E-state index in [4.69, 9.17) is 4.74 Å². The minimum atomic E-state index is 0.630. The quantitative estimate of drug-likeness (QED) is 0.886. The van der Waals surface area contributed by atoms with Gasteiger partial charge in [-0.25, -0.2) is 0 Å². The largest absolute Gasteiger partial charge is 0.495 e. The van der Waals surface area contributed by atoms with Crippen molar-refractivity contribution < 1.29 is 4.74 Å². The van der Waals surface area contributed by atoms with Crippen molar-refractivity contribution in [2.75, 3.05) is 12.4 Å². The van der Waals surface area contributed by atoms with Crippen molar-refractivity contribution in [3.8, 4) is 5.75 Å². The van der Waals surface area contributed by atoms with E-state index in [1.54, 1.807) is 7.11 Å². The Balaban J connectivity index is 2.08. The van der Waals surface area contributed by atoms with Crippen LogP contribution in [-0.4, -0.2) is 13.2 Å². The molecule has 1 aliphatic carbocycles. The van der Waals surface area contributed by atoms with Crippen molar-refractivity contribution in [1.82, 2.24) is 0 Å². The van der Waals surface area contributed by atoms with Crippen LogP contribution < -0.4 is 10.1 Å². The fourth-order valence-electron chi connectivity index (χ4n) is 2.68. The minimum absolute atomic E-state index is 0.630. The first-order chi connectivity index (χ1) is 8.24. The van der Waals surface area contributed by atoms with Crippen molar-refractivity contribution in [1.29, 1.82) is 0 Å². The molecule has 0 radical (unpaired) electrons. The number of hydrogen-bond donors (Lipinski definition) is 1. The molecule has 0 bridgehead atoms. The van der Waals surface area contributed by atoms with E-state index in [2.05, 4.69) is 40.3 Å². The van der Waals surface area contributed by atoms with E-state index in [0.717, 1.165) is 21.8 Å². The molecular weight excluding hydrogens is 278 g/mol. The highest BCUT2D eigenvalue weighted by Crippen LogP contribution is 2.33. The standard InChI is InChI=1S/C14H20BrNO/c1-3-10-5-4-6-13(10)16-11-7-8-12(15)14(9-11)17-2/h7-10,13,16H,3-6H2,1-2H3. The van der Waals surface area contributed by atoms with Crippen LogP contribution in [0.3, 0.4) is 0 Å². The summed E-state index contributed by atoms with van der Waals surface area (Å²) in [6.07, 6.45) is 5.27. The van der Waals surface area contributed by atoms with Gasteiger partial charge in [0.05, 0.1) is 11.6 Å². The maximum atomic E-state index is 5.32. The summed E-state index contributed by atoms with van der Waals surface area (Å²) in [5, 5.41) is 3.64. The van der Waals surface area contributed by atoms with Gasteiger partial charge in [0.15, 0.2) is 0 Å². The highest BCUT2D eigenvalue weighted by atomic mass is 79.9. The lowest BCUT2D eigenvalue weighted by Crippen LogP contribution is -2.23. The van der Waals surface area contributed by atoms with Gasteiger partial charge in [-0.15, -0.1) is 0 Å². The molecule has 0 aromatic heterocycles. The molecule has 2 rings (SSSR count). The van der Waals surface area contributed by atoms with Gasteiger partial charge < -0.3 is 10.1 Å². The molecule has 17 heavy (non-hydrogen) atoms. The van der Waals surface area contributed by atoms with E-state index in [1.165, 1.54) is 25.7 Å². The van der Waals surface area contributed by atoms with Gasteiger partial charge in [0.1, 0.15) is 5.75 Å². The summed E-state index contributed by atoms with van der Waals surface area (Å²) in [4.78, 5) is 0. The van der Waals surface area contributed by atoms with Crippen molar-refractivity contribution in [3.63, 3.8) is 0 Å². The molecule has 1 fully saturated rings. The number of nitrogens with one attached hydrogen (secondary N) is 1. The third-order valence-corrected chi connectivity index (χ3v) is 4.34. The maximum Gasteiger partial charge on any atom is 0.135 e. The predicted molar refractivity (Wildman–Crippen MR) is 75.7 cm³/mol. The normalized spacial score (nSPS) is 23.7. The Bertz CT molecular complexity index is 380. The third kappa shape index (κ3) is 2.95. The molecule has 2 nitrogen and oxygen atoms in total. The first kappa shape index (κ1) is 12.7. The zero-order valence-electron chi connectivity index (χ0n) is 10.5. The van der Waals surface area contributed by atoms with Gasteiger partial charge in [0.25, 0.3) is 0 Å². The van der Waals surface area contributed by atoms with E-state index in [-0.39, 0.29) is 0 Å². The fourth-order valence-corrected chi connectivity index (χ4v) is 3.09. The van der Waals surface area contributed by atoms with E-state index in [0.29, 0.717) is 6.04 Å². The maximum absolute atomic E-state index is 5.32. The van der Waals surface area contributed by atoms with Gasteiger partial charge in [0.2, 0.25) is 0 Å². The summed E-state index contributed by atoms with van der Waals surface area (Å²) < 4.78 is 6.32. The monoisotopic (exact) mass is 297 g/mol. The SMILES string of the molecule is CCC1CCCC1Nc1ccc(Br)c(OC)c1. The zero-order valence-corrected chi connectivity index (χ0v) is 12.1. The lowest BCUT2D eigenvalue weighted by atomic mass is 10.0. The summed E-state index contributed by atoms with van der Waals surface area (Å²) >= 11 is 3.48. The molecule has 1 N–H and O–H groups in total. The Morgan fingerprint density at radius 2 is 2.24 bits per heavy atom. The summed E-state index contributed by atoms with van der Waals surface area (Å²) in [5.74, 6) is 1.71. The number of rotatable bonds is 4. The number of halogens is 1. The van der Waals surface area contributed by atoms with Crippen LogP contribution in [0.25, 0.3) is 0 Å². The molecule has 2 atom stereocenters. The van der Waals surface area contributed by atoms with Gasteiger partial charge in [-0.1, -0.05) is 19.8 Å². The van der Waals surface area contributed by atoms with Crippen molar-refractivity contribution in [2.24, 2.45) is 5.92 Å². The molecule has 3 heteroatoms. The van der Waals surface area contributed by atoms with Crippen LogP contribution in [0.5, 0.6) is 5.75 Å². The van der Waals surface area contributed by atoms with E-state index in [9.17, 15) is 0 Å². The number of ether oxygens (including phenoxy) is 1. The minimum Gasteiger partial charge on any atom is -0.495 e. The lowest BCUT2D eigenvalue weighted by molar-refractivity contribution is 0.412. The predicted octanol–water partition coefficient (Wildman–Crippen LogP) is 4.45. The van der Waals surface area contributed by atoms with Gasteiger partial charge in [0, 0.05) is 17.8 Å². The number of hydrogen-bond acceptors (Lipinski definition) is 2. The van der Waals surface area contributed by atoms with Gasteiger partial charge in [-0.05, 0) is 46.8 Å². The highest BCUT2D eigenvalue weighted by Gasteiger charge is 2.25. The lowest BCUT2D eigenvalue weighted by Gasteiger charge is -2.21. The molecule has 2 unspecified atom stereocenters. The second-order valence-electron chi connectivity index (χ2n) is 4.70. The second-order valence-corrected chi connectivity index (χ2v) is 5.55. The Morgan fingerprint density at radius 3 is 2.94 bits per heavy atom. The van der Waals surface area contributed by atoms with E-state index >= 15 is 0 Å². The van der Waals surface area contributed by atoms with Crippen molar-refractivity contribution >= 4 is 21.6 Å². The Labute approximate surface area is 112 Å². The van der Waals surface area contributed by atoms with Gasteiger partial charge in [-0.2, -0.15) is 0 Å². The van der Waals surface area contributed by atoms with Crippen molar-refractivity contribution in [2.45, 2.75) is 38.6 Å². The number of benzene rings is 1. The highest BCUT2D eigenvalue weighted by molar-refractivity contribution is 9.10. The Morgan fingerprint density at radius 1 is 1.41 bits per heavy atom. The third-order valence-electron chi connectivity index (χ3n) is 3.69. The molecule has 0 heterocycles. The Kier molecular flexibility index (Phi) is 4.32. The van der Waals surface area contributed by atoms with E-state index in [1.807, 2.05) is 6.07 Å². The molecule has 1 aliphatic rings. The Hall–Kier alpha value is -0.700. The van der Waals surface area contributed by atoms with Crippen LogP contribution in [0.1, 0.15) is 32.6 Å². The zero-order chi connectivity index (χ0) is 12.3. The van der Waals surface area contributed by atoms with Crippen molar-refractivity contribution in [3.05, 3.63) is 22.7 Å². The fraction of sp³-hybridized carbons (Fsp3) is 0.571. The van der Waals surface area contributed by atoms with Crippen LogP contribution in [0.4, 0.5) is 5.69 Å². The molecule has 1 saturated carbocycles. The molecule has 94 valence electrons. The molecule has 1 aromatic rings. The van der Waals surface area contributed by atoms with E-state index < -0.39 is 0 Å². The smallest absolute Gasteiger partial charge is 0.135 e. The summed E-state index contributed by atoms with van der Waals surface area (Å²) in [5.41, 5.74) is 1.16. The summed E-state index contributed by atoms with van der Waals surface area (Å²) in [6.45, 7) is 2.28. The van der Waals surface area contributed by atoms with Crippen LogP contribution in [0.2, 0.25) is 0 Å². The topological polar surface area (TPSA) is 21.3 Å². The molecule has 0 aliphatic heterocycles. The summed E-state index contributed by atoms with van der Waals surface area (Å²) in [7, 11) is 1.70. The first-order valence-corrected chi connectivity index (χ1v) is 7.14. The average Bonchev–Trinajstić information content (AvgIpc) is 2.79. The molecule has 0 saturated heterocycles. The average molecular weight is 298 g/mol. The number of methoxy groups -OCH3 is 1. The molecule has 0 amide bonds. The van der Waals surface area contributed by atoms with Crippen LogP contribution in [-0.2, 0) is 0 Å². The summed E-state index contributed by atoms with van der Waals surface area (Å²) in [6, 6.07) is 6.84. The van der Waals surface area contributed by atoms with Crippen LogP contribution in [0.15, 0.2) is 22.7 Å². The molecular formula is C14H20BrNO. The second kappa shape index (κ2) is 5.76. The first-order valence-electron chi connectivity index (χ1n) is 6.34. The van der Waals surface area contributed by atoms with Gasteiger partial charge >= 0.3 is 0 Å². The van der Waals surface area contributed by atoms with Gasteiger partial charge in [-0.3, -0.25) is 0 Å². The number of anilines is 1.